The molecule has 0 fully saturated rings. The molecule has 0 aliphatic rings. The summed E-state index contributed by atoms with van der Waals surface area (Å²) in [5.41, 5.74) is 0. The van der Waals surface area contributed by atoms with Crippen LogP contribution in [0.25, 0.3) is 4.24 Å². The van der Waals surface area contributed by atoms with E-state index in [1.807, 2.05) is 0 Å². The maximum Gasteiger partial charge on any atom is 1.00 e. The van der Waals surface area contributed by atoms with Gasteiger partial charge in [-0.15, -0.1) is 9.24 Å². The first-order valence-electron chi connectivity index (χ1n) is 3.00. The number of hydrogen-bond acceptors (Lipinski definition) is 2. The molecule has 1 rings (SSSR count). The molecule has 0 aliphatic heterocycles. The predicted octanol–water partition coefficient (Wildman–Crippen LogP) is -1.59. The summed E-state index contributed by atoms with van der Waals surface area (Å²) in [6, 6.07) is 6.20. The molecular weight excluding hydrogens is 240 g/mol. The average Bonchev–Trinajstić information content (AvgIpc) is 2.05. The van der Waals surface area contributed by atoms with E-state index in [4.69, 9.17) is 11.8 Å². The Balaban J connectivity index is 0.00000144. The molecule has 0 aromatic heterocycles. The zero-order valence-electron chi connectivity index (χ0n) is 6.94. The molecule has 7 heteroatoms. The Hall–Kier alpha value is 0.850. The van der Waals surface area contributed by atoms with Crippen LogP contribution in [0.15, 0.2) is 29.2 Å². The monoisotopic (exact) mass is 245 g/mol. The van der Waals surface area contributed by atoms with Crippen molar-refractivity contribution < 1.29 is 38.0 Å². The third-order valence-electron chi connectivity index (χ3n) is 1.27. The molecule has 0 N–H and O–H groups in total. The van der Waals surface area contributed by atoms with Crippen LogP contribution in [0, 0.1) is 0 Å². The first kappa shape index (κ1) is 13.8. The molecule has 0 radical (unpaired) electrons. The minimum atomic E-state index is -3.63. The van der Waals surface area contributed by atoms with Crippen molar-refractivity contribution in [3.8, 4) is 0 Å². The summed E-state index contributed by atoms with van der Waals surface area (Å²) in [7, 11) is -1.18. The third-order valence-corrected chi connectivity index (χ3v) is 3.25. The number of rotatable bonds is 2. The molecule has 1 aromatic carbocycles. The summed E-state index contributed by atoms with van der Waals surface area (Å²) in [4.78, 5) is 0.101. The maximum atomic E-state index is 11.0. The number of sulfonamides is 1. The predicted molar refractivity (Wildman–Crippen MR) is 52.2 cm³/mol. The Morgan fingerprint density at radius 3 is 2.08 bits per heavy atom. The molecule has 0 aliphatic carbocycles. The molecule has 0 amide bonds. The molecule has 1 aromatic rings. The molecule has 0 heterocycles. The van der Waals surface area contributed by atoms with Crippen LogP contribution < -0.4 is 34.9 Å². The standard InChI is InChI=1S/C6H6ClNO2PS.Na/c7-8-12(9,10)6-3-1-5(11)2-4-6;/h1-4H,11H2;/q-1;+1. The van der Waals surface area contributed by atoms with Crippen LogP contribution in [0.3, 0.4) is 0 Å². The molecule has 66 valence electrons. The summed E-state index contributed by atoms with van der Waals surface area (Å²) < 4.78 is 24.8. The van der Waals surface area contributed by atoms with E-state index in [-0.39, 0.29) is 34.5 Å². The Morgan fingerprint density at radius 2 is 1.69 bits per heavy atom. The molecule has 1 atom stereocenters. The molecule has 13 heavy (non-hydrogen) atoms. The number of halogens is 1. The van der Waals surface area contributed by atoms with Crippen LogP contribution in [0.5, 0.6) is 0 Å². The van der Waals surface area contributed by atoms with Gasteiger partial charge in [0.2, 0.25) is 0 Å². The quantitative estimate of drug-likeness (QED) is 0.466. The van der Waals surface area contributed by atoms with Crippen LogP contribution in [0.1, 0.15) is 0 Å². The van der Waals surface area contributed by atoms with Crippen molar-refractivity contribution in [3.63, 3.8) is 0 Å². The van der Waals surface area contributed by atoms with E-state index in [1.165, 1.54) is 12.1 Å². The fraction of sp³-hybridized carbons (Fsp3) is 0. The van der Waals surface area contributed by atoms with E-state index in [9.17, 15) is 8.42 Å². The van der Waals surface area contributed by atoms with Crippen molar-refractivity contribution in [2.24, 2.45) is 0 Å². The minimum absolute atomic E-state index is 0. The zero-order chi connectivity index (χ0) is 9.19. The van der Waals surface area contributed by atoms with Crippen LogP contribution >= 0.6 is 21.0 Å². The van der Waals surface area contributed by atoms with Gasteiger partial charge in [0.15, 0.2) is 0 Å². The smallest absolute Gasteiger partial charge is 0.458 e. The summed E-state index contributed by atoms with van der Waals surface area (Å²) in [6.45, 7) is 0. The summed E-state index contributed by atoms with van der Waals surface area (Å²) in [5, 5.41) is 0.906. The van der Waals surface area contributed by atoms with Crippen molar-refractivity contribution in [3.05, 3.63) is 28.5 Å². The zero-order valence-corrected chi connectivity index (χ0v) is 11.7. The topological polar surface area (TPSA) is 48.2 Å². The van der Waals surface area contributed by atoms with E-state index in [0.29, 0.717) is 0 Å². The van der Waals surface area contributed by atoms with Gasteiger partial charge in [-0.3, -0.25) is 11.8 Å². The molecule has 3 nitrogen and oxygen atoms in total. The van der Waals surface area contributed by atoms with Gasteiger partial charge in [0, 0.05) is 4.90 Å². The van der Waals surface area contributed by atoms with E-state index in [2.05, 4.69) is 13.5 Å². The number of nitrogens with zero attached hydrogens (tertiary/aromatic N) is 1. The van der Waals surface area contributed by atoms with Crippen molar-refractivity contribution in [1.82, 2.24) is 0 Å². The fourth-order valence-corrected chi connectivity index (χ4v) is 1.67. The van der Waals surface area contributed by atoms with E-state index in [0.717, 1.165) is 5.30 Å². The average molecular weight is 246 g/mol. The van der Waals surface area contributed by atoms with Gasteiger partial charge < -0.3 is 4.24 Å². The second-order valence-corrected chi connectivity index (χ2v) is 4.75. The second kappa shape index (κ2) is 5.66. The van der Waals surface area contributed by atoms with E-state index >= 15 is 0 Å². The van der Waals surface area contributed by atoms with Crippen LogP contribution in [0.2, 0.25) is 0 Å². The Bertz CT molecular complexity index is 367. The normalized spacial score (nSPS) is 10.6. The Kier molecular flexibility index (Phi) is 6.03. The van der Waals surface area contributed by atoms with Gasteiger partial charge in [0.05, 0.1) is 0 Å². The van der Waals surface area contributed by atoms with Crippen molar-refractivity contribution in [2.45, 2.75) is 4.90 Å². The van der Waals surface area contributed by atoms with E-state index < -0.39 is 10.0 Å². The molecule has 0 saturated carbocycles. The molecule has 0 spiro atoms. The van der Waals surface area contributed by atoms with Crippen molar-refractivity contribution >= 4 is 36.3 Å². The first-order chi connectivity index (χ1) is 5.56. The van der Waals surface area contributed by atoms with Crippen molar-refractivity contribution in [2.75, 3.05) is 0 Å². The number of hydrogen-bond donors (Lipinski definition) is 0. The summed E-state index contributed by atoms with van der Waals surface area (Å²) in [6.07, 6.45) is 0. The van der Waals surface area contributed by atoms with Gasteiger partial charge in [-0.25, -0.2) is 8.42 Å². The van der Waals surface area contributed by atoms with Crippen LogP contribution in [0.4, 0.5) is 0 Å². The number of benzene rings is 1. The summed E-state index contributed by atoms with van der Waals surface area (Å²) in [5.74, 6) is 0. The first-order valence-corrected chi connectivity index (χ1v) is 5.35. The van der Waals surface area contributed by atoms with Crippen LogP contribution in [-0.2, 0) is 10.0 Å². The third kappa shape index (κ3) is 3.84. The van der Waals surface area contributed by atoms with Gasteiger partial charge in [0.25, 0.3) is 0 Å². The maximum absolute atomic E-state index is 11.0. The van der Waals surface area contributed by atoms with Gasteiger partial charge in [-0.05, 0) is 17.4 Å². The van der Waals surface area contributed by atoms with Gasteiger partial charge in [-0.1, -0.05) is 12.1 Å². The minimum Gasteiger partial charge on any atom is -0.458 e. The fourth-order valence-electron chi connectivity index (χ4n) is 0.680. The Morgan fingerprint density at radius 1 is 1.23 bits per heavy atom. The molecule has 0 saturated heterocycles. The second-order valence-electron chi connectivity index (χ2n) is 2.11. The van der Waals surface area contributed by atoms with Crippen molar-refractivity contribution in [1.29, 1.82) is 0 Å². The molecule has 0 bridgehead atoms. The molecule has 1 unspecified atom stereocenters. The molecular formula is C6H6ClNNaO2PS. The van der Waals surface area contributed by atoms with Gasteiger partial charge in [0.1, 0.15) is 10.0 Å². The summed E-state index contributed by atoms with van der Waals surface area (Å²) >= 11 is 4.90. The van der Waals surface area contributed by atoms with E-state index in [1.54, 1.807) is 12.1 Å². The Labute approximate surface area is 107 Å². The SMILES string of the molecule is O=S(=O)([N-]Cl)c1ccc(P)cc1.[Na+]. The van der Waals surface area contributed by atoms with Gasteiger partial charge >= 0.3 is 29.6 Å². The van der Waals surface area contributed by atoms with Crippen LogP contribution in [-0.4, -0.2) is 8.42 Å². The largest absolute Gasteiger partial charge is 1.00 e. The van der Waals surface area contributed by atoms with Gasteiger partial charge in [-0.2, -0.15) is 0 Å².